The molecule has 27 heavy (non-hydrogen) atoms. The van der Waals surface area contributed by atoms with Crippen molar-refractivity contribution < 1.29 is 13.3 Å². The maximum absolute atomic E-state index is 12.7. The number of halogens is 1. The lowest BCUT2D eigenvalue weighted by atomic mass is 10.1. The van der Waals surface area contributed by atoms with Crippen molar-refractivity contribution in [3.63, 3.8) is 0 Å². The third-order valence-electron chi connectivity index (χ3n) is 5.13. The lowest BCUT2D eigenvalue weighted by Gasteiger charge is -2.26. The molecule has 0 amide bonds. The van der Waals surface area contributed by atoms with Crippen LogP contribution >= 0.6 is 11.6 Å². The Bertz CT molecular complexity index is 863. The summed E-state index contributed by atoms with van der Waals surface area (Å²) in [6, 6.07) is 14.9. The molecule has 1 aliphatic rings. The van der Waals surface area contributed by atoms with Crippen molar-refractivity contribution in [2.45, 2.75) is 23.8 Å². The smallest absolute Gasteiger partial charge is 0.240 e. The topological polar surface area (TPSA) is 53.9 Å². The highest BCUT2D eigenvalue weighted by atomic mass is 35.5. The normalized spacial score (nSPS) is 16.4. The van der Waals surface area contributed by atoms with Crippen LogP contribution in [0.4, 0.5) is 5.69 Å². The summed E-state index contributed by atoms with van der Waals surface area (Å²) in [5.41, 5.74) is 2.29. The summed E-state index contributed by atoms with van der Waals surface area (Å²) < 4.78 is 28.2. The summed E-state index contributed by atoms with van der Waals surface area (Å²) in [5, 5.41) is 0.416. The second kappa shape index (κ2) is 8.61. The molecule has 3 rings (SSSR count). The molecular weight excluding hydrogens is 382 g/mol. The van der Waals surface area contributed by atoms with Crippen LogP contribution in [0, 0.1) is 0 Å². The number of hydrogen-bond donors (Lipinski definition) is 2. The van der Waals surface area contributed by atoms with Gasteiger partial charge in [0, 0.05) is 43.2 Å². The third-order valence-corrected chi connectivity index (χ3v) is 6.79. The lowest BCUT2D eigenvalue weighted by Crippen LogP contribution is -3.11. The molecule has 1 fully saturated rings. The van der Waals surface area contributed by atoms with Gasteiger partial charge in [0.05, 0.1) is 24.5 Å². The number of benzene rings is 2. The number of anilines is 1. The Morgan fingerprint density at radius 2 is 1.78 bits per heavy atom. The fourth-order valence-electron chi connectivity index (χ4n) is 3.59. The highest BCUT2D eigenvalue weighted by molar-refractivity contribution is 7.89. The molecule has 0 saturated carbocycles. The Kier molecular flexibility index (Phi) is 6.42. The number of hydrogen-bond acceptors (Lipinski definition) is 3. The minimum Gasteiger partial charge on any atom is -0.378 e. The fraction of sp³-hybridized carbons (Fsp3) is 0.400. The van der Waals surface area contributed by atoms with Crippen molar-refractivity contribution >= 4 is 27.3 Å². The minimum atomic E-state index is -3.59. The molecule has 0 aliphatic carbocycles. The van der Waals surface area contributed by atoms with Gasteiger partial charge < -0.3 is 9.80 Å². The maximum atomic E-state index is 12.7. The van der Waals surface area contributed by atoms with Crippen LogP contribution in [0.1, 0.15) is 24.4 Å². The van der Waals surface area contributed by atoms with E-state index in [9.17, 15) is 8.42 Å². The summed E-state index contributed by atoms with van der Waals surface area (Å²) in [5.74, 6) is 0. The van der Waals surface area contributed by atoms with Gasteiger partial charge in [-0.05, 0) is 30.3 Å². The Hall–Kier alpha value is -1.60. The van der Waals surface area contributed by atoms with Gasteiger partial charge in [0.2, 0.25) is 10.0 Å². The zero-order valence-electron chi connectivity index (χ0n) is 15.8. The molecule has 5 nitrogen and oxygen atoms in total. The van der Waals surface area contributed by atoms with Gasteiger partial charge in [-0.15, -0.1) is 0 Å². The molecule has 0 bridgehead atoms. The van der Waals surface area contributed by atoms with Crippen LogP contribution in [0.5, 0.6) is 0 Å². The Morgan fingerprint density at radius 1 is 1.11 bits per heavy atom. The predicted octanol–water partition coefficient (Wildman–Crippen LogP) is 2.10. The van der Waals surface area contributed by atoms with E-state index in [1.807, 2.05) is 14.1 Å². The van der Waals surface area contributed by atoms with Crippen LogP contribution in [0.3, 0.4) is 0 Å². The largest absolute Gasteiger partial charge is 0.378 e. The molecule has 1 atom stereocenters. The molecule has 2 aromatic carbocycles. The number of nitrogens with zero attached hydrogens (tertiary/aromatic N) is 1. The average Bonchev–Trinajstić information content (AvgIpc) is 3.16. The van der Waals surface area contributed by atoms with E-state index in [0.717, 1.165) is 24.3 Å². The van der Waals surface area contributed by atoms with Crippen LogP contribution < -0.4 is 14.5 Å². The van der Waals surface area contributed by atoms with E-state index in [1.54, 1.807) is 18.2 Å². The molecule has 7 heteroatoms. The van der Waals surface area contributed by atoms with E-state index in [0.29, 0.717) is 11.6 Å². The van der Waals surface area contributed by atoms with E-state index in [2.05, 4.69) is 33.9 Å². The lowest BCUT2D eigenvalue weighted by molar-refractivity contribution is -0.918. The van der Waals surface area contributed by atoms with E-state index in [-0.39, 0.29) is 10.9 Å². The van der Waals surface area contributed by atoms with Crippen molar-refractivity contribution in [1.82, 2.24) is 4.72 Å². The number of sulfonamides is 1. The Labute approximate surface area is 167 Å². The van der Waals surface area contributed by atoms with Crippen molar-refractivity contribution in [2.24, 2.45) is 0 Å². The molecule has 1 saturated heterocycles. The SMILES string of the molecule is CN(C)c1ccc([C@@H](CNS(=O)(=O)c2cccc(Cl)c2)[NH+]2CCCC2)cc1. The first-order valence-corrected chi connectivity index (χ1v) is 11.1. The Morgan fingerprint density at radius 3 is 2.37 bits per heavy atom. The standard InChI is InChI=1S/C20H26ClN3O2S/c1-23(2)18-10-8-16(9-11-18)20(24-12-3-4-13-24)15-22-27(25,26)19-7-5-6-17(21)14-19/h5-11,14,20,22H,3-4,12-13,15H2,1-2H3/p+1/t20-/m1/s1. The molecule has 1 aliphatic heterocycles. The number of nitrogens with one attached hydrogen (secondary N) is 2. The van der Waals surface area contributed by atoms with Crippen LogP contribution in [0.2, 0.25) is 5.02 Å². The summed E-state index contributed by atoms with van der Waals surface area (Å²) >= 11 is 5.95. The van der Waals surface area contributed by atoms with Crippen LogP contribution in [0.25, 0.3) is 0 Å². The van der Waals surface area contributed by atoms with Crippen LogP contribution in [0.15, 0.2) is 53.4 Å². The van der Waals surface area contributed by atoms with Gasteiger partial charge in [-0.2, -0.15) is 0 Å². The zero-order chi connectivity index (χ0) is 19.4. The minimum absolute atomic E-state index is 0.0951. The highest BCUT2D eigenvalue weighted by Gasteiger charge is 2.29. The second-order valence-corrected chi connectivity index (χ2v) is 9.42. The summed E-state index contributed by atoms with van der Waals surface area (Å²) in [4.78, 5) is 3.69. The number of quaternary nitrogens is 1. The van der Waals surface area contributed by atoms with Crippen molar-refractivity contribution in [1.29, 1.82) is 0 Å². The van der Waals surface area contributed by atoms with Crippen molar-refractivity contribution in [2.75, 3.05) is 38.6 Å². The van der Waals surface area contributed by atoms with Gasteiger partial charge >= 0.3 is 0 Å². The molecule has 0 aromatic heterocycles. The van der Waals surface area contributed by atoms with Gasteiger partial charge in [0.15, 0.2) is 0 Å². The van der Waals surface area contributed by atoms with Crippen LogP contribution in [-0.2, 0) is 10.0 Å². The van der Waals surface area contributed by atoms with E-state index < -0.39 is 10.0 Å². The molecule has 2 aromatic rings. The number of likely N-dealkylation sites (tertiary alicyclic amines) is 1. The molecular formula is C20H27ClN3O2S+. The summed E-state index contributed by atoms with van der Waals surface area (Å²) in [6.07, 6.45) is 2.37. The monoisotopic (exact) mass is 408 g/mol. The fourth-order valence-corrected chi connectivity index (χ4v) is 4.94. The third kappa shape index (κ3) is 5.02. The first kappa shape index (κ1) is 20.1. The van der Waals surface area contributed by atoms with E-state index >= 15 is 0 Å². The predicted molar refractivity (Wildman–Crippen MR) is 110 cm³/mol. The molecule has 0 spiro atoms. The molecule has 2 N–H and O–H groups in total. The number of rotatable bonds is 7. The van der Waals surface area contributed by atoms with E-state index in [1.165, 1.54) is 23.8 Å². The highest BCUT2D eigenvalue weighted by Crippen LogP contribution is 2.19. The maximum Gasteiger partial charge on any atom is 0.240 e. The second-order valence-electron chi connectivity index (χ2n) is 7.21. The van der Waals surface area contributed by atoms with Gasteiger partial charge in [-0.1, -0.05) is 29.8 Å². The average molecular weight is 409 g/mol. The molecule has 0 unspecified atom stereocenters. The van der Waals surface area contributed by atoms with Gasteiger partial charge in [0.1, 0.15) is 6.04 Å². The molecule has 146 valence electrons. The van der Waals surface area contributed by atoms with Crippen molar-refractivity contribution in [3.05, 3.63) is 59.1 Å². The molecule has 0 radical (unpaired) electrons. The molecule has 1 heterocycles. The van der Waals surface area contributed by atoms with E-state index in [4.69, 9.17) is 11.6 Å². The quantitative estimate of drug-likeness (QED) is 0.737. The van der Waals surface area contributed by atoms with Crippen LogP contribution in [-0.4, -0.2) is 42.1 Å². The van der Waals surface area contributed by atoms with Gasteiger partial charge in [-0.25, -0.2) is 13.1 Å². The van der Waals surface area contributed by atoms with Crippen molar-refractivity contribution in [3.8, 4) is 0 Å². The zero-order valence-corrected chi connectivity index (χ0v) is 17.4. The first-order chi connectivity index (χ1) is 12.9. The summed E-state index contributed by atoms with van der Waals surface area (Å²) in [7, 11) is 0.429. The Balaban J connectivity index is 1.79. The van der Waals surface area contributed by atoms with Gasteiger partial charge in [-0.3, -0.25) is 0 Å². The summed E-state index contributed by atoms with van der Waals surface area (Å²) in [6.45, 7) is 2.50. The first-order valence-electron chi connectivity index (χ1n) is 9.24. The van der Waals surface area contributed by atoms with Gasteiger partial charge in [0.25, 0.3) is 0 Å².